The SMILES string of the molecule is CN(CC(=O)O)CC1CN(C(=O)C2CCc3ccccc32)CCO1. The van der Waals surface area contributed by atoms with E-state index < -0.39 is 5.97 Å². The van der Waals surface area contributed by atoms with Crippen LogP contribution in [0.15, 0.2) is 24.3 Å². The number of likely N-dealkylation sites (N-methyl/N-ethyl adjacent to an activating group) is 1. The molecule has 6 heteroatoms. The van der Waals surface area contributed by atoms with Crippen LogP contribution in [0.5, 0.6) is 0 Å². The summed E-state index contributed by atoms with van der Waals surface area (Å²) >= 11 is 0. The van der Waals surface area contributed by atoms with Gasteiger partial charge in [-0.2, -0.15) is 0 Å². The summed E-state index contributed by atoms with van der Waals surface area (Å²) in [5.41, 5.74) is 2.44. The lowest BCUT2D eigenvalue weighted by molar-refractivity contribution is -0.143. The molecule has 0 radical (unpaired) electrons. The van der Waals surface area contributed by atoms with E-state index in [2.05, 4.69) is 12.1 Å². The van der Waals surface area contributed by atoms with Gasteiger partial charge in [0.1, 0.15) is 0 Å². The zero-order valence-electron chi connectivity index (χ0n) is 14.0. The Morgan fingerprint density at radius 1 is 1.38 bits per heavy atom. The van der Waals surface area contributed by atoms with Crippen LogP contribution in [-0.4, -0.2) is 72.7 Å². The third kappa shape index (κ3) is 3.76. The van der Waals surface area contributed by atoms with Crippen LogP contribution in [0.2, 0.25) is 0 Å². The van der Waals surface area contributed by atoms with E-state index in [0.717, 1.165) is 18.4 Å². The number of hydrogen-bond donors (Lipinski definition) is 1. The fraction of sp³-hybridized carbons (Fsp3) is 0.556. The Labute approximate surface area is 142 Å². The second kappa shape index (κ2) is 7.32. The van der Waals surface area contributed by atoms with Crippen LogP contribution >= 0.6 is 0 Å². The Kier molecular flexibility index (Phi) is 5.16. The van der Waals surface area contributed by atoms with Gasteiger partial charge in [0.15, 0.2) is 0 Å². The molecular formula is C18H24N2O4. The summed E-state index contributed by atoms with van der Waals surface area (Å²) < 4.78 is 5.71. The molecule has 24 heavy (non-hydrogen) atoms. The lowest BCUT2D eigenvalue weighted by atomic mass is 9.99. The molecule has 2 atom stereocenters. The van der Waals surface area contributed by atoms with E-state index in [4.69, 9.17) is 9.84 Å². The van der Waals surface area contributed by atoms with Crippen molar-refractivity contribution in [1.82, 2.24) is 9.80 Å². The molecule has 1 N–H and O–H groups in total. The number of hydrogen-bond acceptors (Lipinski definition) is 4. The van der Waals surface area contributed by atoms with Gasteiger partial charge in [-0.1, -0.05) is 24.3 Å². The Morgan fingerprint density at radius 2 is 2.17 bits per heavy atom. The van der Waals surface area contributed by atoms with E-state index in [1.54, 1.807) is 11.9 Å². The number of carbonyl (C=O) groups excluding carboxylic acids is 1. The van der Waals surface area contributed by atoms with Crippen molar-refractivity contribution in [2.75, 3.05) is 39.8 Å². The fourth-order valence-corrected chi connectivity index (χ4v) is 3.71. The number of carboxylic acids is 1. The van der Waals surface area contributed by atoms with E-state index in [-0.39, 0.29) is 24.5 Å². The smallest absolute Gasteiger partial charge is 0.317 e. The lowest BCUT2D eigenvalue weighted by Crippen LogP contribution is -2.50. The van der Waals surface area contributed by atoms with Crippen LogP contribution in [-0.2, 0) is 20.7 Å². The summed E-state index contributed by atoms with van der Waals surface area (Å²) in [6, 6.07) is 8.18. The number of carboxylic acid groups (broad SMARTS) is 1. The predicted octanol–water partition coefficient (Wildman–Crippen LogP) is 0.960. The van der Waals surface area contributed by atoms with Crippen LogP contribution in [0.3, 0.4) is 0 Å². The Bertz CT molecular complexity index is 619. The third-order valence-electron chi connectivity index (χ3n) is 4.80. The van der Waals surface area contributed by atoms with Gasteiger partial charge in [0.25, 0.3) is 0 Å². The molecule has 1 heterocycles. The first-order valence-corrected chi connectivity index (χ1v) is 8.43. The normalized spacial score (nSPS) is 23.3. The molecule has 130 valence electrons. The van der Waals surface area contributed by atoms with Crippen LogP contribution in [0.4, 0.5) is 0 Å². The lowest BCUT2D eigenvalue weighted by Gasteiger charge is -2.36. The minimum atomic E-state index is -0.858. The highest BCUT2D eigenvalue weighted by molar-refractivity contribution is 5.85. The molecule has 0 spiro atoms. The fourth-order valence-electron chi connectivity index (χ4n) is 3.71. The molecule has 6 nitrogen and oxygen atoms in total. The summed E-state index contributed by atoms with van der Waals surface area (Å²) in [5.74, 6) is -0.727. The highest BCUT2D eigenvalue weighted by atomic mass is 16.5. The van der Waals surface area contributed by atoms with Crippen LogP contribution in [0.1, 0.15) is 23.5 Å². The minimum Gasteiger partial charge on any atom is -0.480 e. The highest BCUT2D eigenvalue weighted by Gasteiger charge is 2.34. The highest BCUT2D eigenvalue weighted by Crippen LogP contribution is 2.34. The van der Waals surface area contributed by atoms with Crippen molar-refractivity contribution >= 4 is 11.9 Å². The molecule has 1 aromatic rings. The molecule has 1 aliphatic carbocycles. The molecular weight excluding hydrogens is 308 g/mol. The van der Waals surface area contributed by atoms with E-state index in [1.807, 2.05) is 17.0 Å². The first kappa shape index (κ1) is 16.9. The number of fused-ring (bicyclic) bond motifs is 1. The van der Waals surface area contributed by atoms with Gasteiger partial charge in [-0.05, 0) is 31.0 Å². The monoisotopic (exact) mass is 332 g/mol. The Morgan fingerprint density at radius 3 is 2.96 bits per heavy atom. The molecule has 1 amide bonds. The summed E-state index contributed by atoms with van der Waals surface area (Å²) in [6.07, 6.45) is 1.70. The summed E-state index contributed by atoms with van der Waals surface area (Å²) in [4.78, 5) is 27.3. The molecule has 1 aromatic carbocycles. The van der Waals surface area contributed by atoms with Crippen molar-refractivity contribution in [3.05, 3.63) is 35.4 Å². The Hall–Kier alpha value is -1.92. The van der Waals surface area contributed by atoms with Gasteiger partial charge in [0.2, 0.25) is 5.91 Å². The van der Waals surface area contributed by atoms with E-state index in [9.17, 15) is 9.59 Å². The molecule has 1 fully saturated rings. The zero-order valence-corrected chi connectivity index (χ0v) is 14.0. The first-order valence-electron chi connectivity index (χ1n) is 8.43. The maximum atomic E-state index is 12.9. The molecule has 3 rings (SSSR count). The largest absolute Gasteiger partial charge is 0.480 e. The van der Waals surface area contributed by atoms with Crippen molar-refractivity contribution in [2.45, 2.75) is 24.9 Å². The number of aliphatic carboxylic acids is 1. The number of carbonyl (C=O) groups is 2. The second-order valence-corrected chi connectivity index (χ2v) is 6.66. The van der Waals surface area contributed by atoms with Gasteiger partial charge in [-0.3, -0.25) is 14.5 Å². The van der Waals surface area contributed by atoms with Crippen molar-refractivity contribution in [3.63, 3.8) is 0 Å². The van der Waals surface area contributed by atoms with Crippen LogP contribution < -0.4 is 0 Å². The maximum absolute atomic E-state index is 12.9. The maximum Gasteiger partial charge on any atom is 0.317 e. The van der Waals surface area contributed by atoms with Crippen molar-refractivity contribution in [3.8, 4) is 0 Å². The van der Waals surface area contributed by atoms with Gasteiger partial charge >= 0.3 is 5.97 Å². The van der Waals surface area contributed by atoms with E-state index in [0.29, 0.717) is 26.2 Å². The summed E-state index contributed by atoms with van der Waals surface area (Å²) in [7, 11) is 1.76. The number of aryl methyl sites for hydroxylation is 1. The van der Waals surface area contributed by atoms with Gasteiger partial charge in [-0.15, -0.1) is 0 Å². The quantitative estimate of drug-likeness (QED) is 0.870. The summed E-state index contributed by atoms with van der Waals surface area (Å²) in [6.45, 7) is 2.13. The number of morpholine rings is 1. The standard InChI is InChI=1S/C18H24N2O4/c1-19(12-17(21)22)10-14-11-20(8-9-24-14)18(23)16-7-6-13-4-2-3-5-15(13)16/h2-5,14,16H,6-12H2,1H3,(H,21,22). The molecule has 2 aliphatic rings. The van der Waals surface area contributed by atoms with Crippen LogP contribution in [0, 0.1) is 0 Å². The average Bonchev–Trinajstić information content (AvgIpc) is 2.97. The van der Waals surface area contributed by atoms with Gasteiger partial charge in [0, 0.05) is 19.6 Å². The number of nitrogens with zero attached hydrogens (tertiary/aromatic N) is 2. The molecule has 1 aliphatic heterocycles. The Balaban J connectivity index is 1.61. The van der Waals surface area contributed by atoms with Gasteiger partial charge in [-0.25, -0.2) is 0 Å². The topological polar surface area (TPSA) is 70.1 Å². The molecule has 0 bridgehead atoms. The minimum absolute atomic E-state index is 0.0240. The molecule has 0 aromatic heterocycles. The third-order valence-corrected chi connectivity index (χ3v) is 4.80. The number of ether oxygens (including phenoxy) is 1. The molecule has 1 saturated heterocycles. The van der Waals surface area contributed by atoms with E-state index in [1.165, 1.54) is 5.56 Å². The van der Waals surface area contributed by atoms with Gasteiger partial charge in [0.05, 0.1) is 25.2 Å². The van der Waals surface area contributed by atoms with Crippen molar-refractivity contribution < 1.29 is 19.4 Å². The van der Waals surface area contributed by atoms with E-state index >= 15 is 0 Å². The number of benzene rings is 1. The average molecular weight is 332 g/mol. The second-order valence-electron chi connectivity index (χ2n) is 6.66. The molecule has 2 unspecified atom stereocenters. The molecule has 0 saturated carbocycles. The predicted molar refractivity (Wildman–Crippen MR) is 89.0 cm³/mol. The van der Waals surface area contributed by atoms with Crippen molar-refractivity contribution in [1.29, 1.82) is 0 Å². The van der Waals surface area contributed by atoms with Crippen LogP contribution in [0.25, 0.3) is 0 Å². The van der Waals surface area contributed by atoms with Gasteiger partial charge < -0.3 is 14.7 Å². The zero-order chi connectivity index (χ0) is 17.1. The summed E-state index contributed by atoms with van der Waals surface area (Å²) in [5, 5.41) is 8.84. The number of amides is 1. The first-order chi connectivity index (χ1) is 11.5. The number of rotatable bonds is 5. The van der Waals surface area contributed by atoms with Crippen molar-refractivity contribution in [2.24, 2.45) is 0 Å².